The van der Waals surface area contributed by atoms with E-state index in [0.29, 0.717) is 5.92 Å². The number of hydrogen-bond donors (Lipinski definition) is 0. The lowest BCUT2D eigenvalue weighted by molar-refractivity contribution is 0.598. The Kier molecular flexibility index (Phi) is 5.17. The van der Waals surface area contributed by atoms with Crippen LogP contribution >= 0.6 is 0 Å². The van der Waals surface area contributed by atoms with Crippen LogP contribution in [0.25, 0.3) is 6.08 Å². The molecule has 0 nitrogen and oxygen atoms in total. The Balaban J connectivity index is 2.50. The fraction of sp³-hybridized carbons (Fsp3) is 0.467. The van der Waals surface area contributed by atoms with Gasteiger partial charge in [-0.1, -0.05) is 70.0 Å². The van der Waals surface area contributed by atoms with Gasteiger partial charge in [-0.25, -0.2) is 0 Å². The van der Waals surface area contributed by atoms with Crippen LogP contribution in [0.4, 0.5) is 0 Å². The zero-order valence-electron chi connectivity index (χ0n) is 10.00. The highest BCUT2D eigenvalue weighted by atomic mass is 14.1. The van der Waals surface area contributed by atoms with Crippen LogP contribution in [0.3, 0.4) is 0 Å². The van der Waals surface area contributed by atoms with E-state index in [0.717, 1.165) is 0 Å². The van der Waals surface area contributed by atoms with Gasteiger partial charge in [-0.2, -0.15) is 0 Å². The maximum atomic E-state index is 3.77. The Morgan fingerprint density at radius 1 is 1.20 bits per heavy atom. The molecule has 0 bridgehead atoms. The van der Waals surface area contributed by atoms with Crippen molar-refractivity contribution in [1.29, 1.82) is 0 Å². The first-order chi connectivity index (χ1) is 7.27. The molecule has 0 aliphatic heterocycles. The summed E-state index contributed by atoms with van der Waals surface area (Å²) in [5.41, 5.74) is 2.66. The Hall–Kier alpha value is -1.04. The summed E-state index contributed by atoms with van der Waals surface area (Å²) in [6, 6.07) is 8.76. The minimum atomic E-state index is 0.690. The molecule has 0 saturated carbocycles. The monoisotopic (exact) mass is 202 g/mol. The van der Waals surface area contributed by atoms with Gasteiger partial charge in [0, 0.05) is 0 Å². The first-order valence-corrected chi connectivity index (χ1v) is 6.00. The summed E-state index contributed by atoms with van der Waals surface area (Å²) < 4.78 is 0. The van der Waals surface area contributed by atoms with Gasteiger partial charge in [-0.3, -0.25) is 0 Å². The van der Waals surface area contributed by atoms with Gasteiger partial charge in [0.1, 0.15) is 0 Å². The van der Waals surface area contributed by atoms with Crippen LogP contribution < -0.4 is 0 Å². The largest absolute Gasteiger partial charge is 0.0985 e. The van der Waals surface area contributed by atoms with Gasteiger partial charge in [-0.05, 0) is 23.5 Å². The summed E-state index contributed by atoms with van der Waals surface area (Å²) in [7, 11) is 0. The second-order valence-corrected chi connectivity index (χ2v) is 4.27. The first kappa shape index (κ1) is 12.0. The molecule has 1 aromatic rings. The predicted molar refractivity (Wildman–Crippen MR) is 69.1 cm³/mol. The molecule has 0 spiro atoms. The number of benzene rings is 1. The van der Waals surface area contributed by atoms with Gasteiger partial charge in [0.15, 0.2) is 0 Å². The van der Waals surface area contributed by atoms with Crippen molar-refractivity contribution in [3.8, 4) is 0 Å². The SMILES string of the molecule is C=Cc1ccc(C(C)CCCCC)cc1. The molecule has 1 atom stereocenters. The molecule has 0 aromatic heterocycles. The summed E-state index contributed by atoms with van der Waals surface area (Å²) in [6.07, 6.45) is 7.21. The third kappa shape index (κ3) is 3.91. The average molecular weight is 202 g/mol. The van der Waals surface area contributed by atoms with E-state index in [2.05, 4.69) is 44.7 Å². The summed E-state index contributed by atoms with van der Waals surface area (Å²) in [4.78, 5) is 0. The molecule has 0 heterocycles. The summed E-state index contributed by atoms with van der Waals surface area (Å²) in [5, 5.41) is 0. The van der Waals surface area contributed by atoms with Crippen molar-refractivity contribution in [2.24, 2.45) is 0 Å². The topological polar surface area (TPSA) is 0 Å². The van der Waals surface area contributed by atoms with Gasteiger partial charge >= 0.3 is 0 Å². The molecule has 0 aliphatic carbocycles. The van der Waals surface area contributed by atoms with Crippen LogP contribution in [0, 0.1) is 0 Å². The van der Waals surface area contributed by atoms with E-state index in [9.17, 15) is 0 Å². The molecule has 0 aliphatic rings. The molecule has 0 fully saturated rings. The van der Waals surface area contributed by atoms with Gasteiger partial charge in [0.05, 0.1) is 0 Å². The summed E-state index contributed by atoms with van der Waals surface area (Å²) in [5.74, 6) is 0.690. The van der Waals surface area contributed by atoms with E-state index < -0.39 is 0 Å². The van der Waals surface area contributed by atoms with Gasteiger partial charge in [0.25, 0.3) is 0 Å². The van der Waals surface area contributed by atoms with Crippen molar-refractivity contribution >= 4 is 6.08 Å². The Bertz CT molecular complexity index is 281. The third-order valence-corrected chi connectivity index (χ3v) is 2.98. The predicted octanol–water partition coefficient (Wildman–Crippen LogP) is 5.01. The lowest BCUT2D eigenvalue weighted by Gasteiger charge is -2.11. The molecular weight excluding hydrogens is 180 g/mol. The lowest BCUT2D eigenvalue weighted by atomic mass is 9.94. The first-order valence-electron chi connectivity index (χ1n) is 6.00. The Morgan fingerprint density at radius 3 is 2.40 bits per heavy atom. The van der Waals surface area contributed by atoms with E-state index >= 15 is 0 Å². The Morgan fingerprint density at radius 2 is 1.87 bits per heavy atom. The zero-order chi connectivity index (χ0) is 11.1. The molecule has 0 N–H and O–H groups in total. The smallest absolute Gasteiger partial charge is 0.0190 e. The van der Waals surface area contributed by atoms with E-state index in [1.165, 1.54) is 36.8 Å². The van der Waals surface area contributed by atoms with Gasteiger partial charge in [-0.15, -0.1) is 0 Å². The quantitative estimate of drug-likeness (QED) is 0.569. The van der Waals surface area contributed by atoms with Crippen LogP contribution in [0.1, 0.15) is 56.6 Å². The molecule has 0 saturated heterocycles. The maximum absolute atomic E-state index is 3.77. The van der Waals surface area contributed by atoms with E-state index in [4.69, 9.17) is 0 Å². The van der Waals surface area contributed by atoms with E-state index in [-0.39, 0.29) is 0 Å². The Labute approximate surface area is 94.0 Å². The van der Waals surface area contributed by atoms with Crippen LogP contribution in [-0.4, -0.2) is 0 Å². The molecule has 0 heteroatoms. The van der Waals surface area contributed by atoms with E-state index in [1.54, 1.807) is 0 Å². The fourth-order valence-corrected chi connectivity index (χ4v) is 1.83. The fourth-order valence-electron chi connectivity index (χ4n) is 1.83. The van der Waals surface area contributed by atoms with Crippen molar-refractivity contribution in [3.63, 3.8) is 0 Å². The van der Waals surface area contributed by atoms with Crippen molar-refractivity contribution < 1.29 is 0 Å². The van der Waals surface area contributed by atoms with Crippen LogP contribution in [-0.2, 0) is 0 Å². The van der Waals surface area contributed by atoms with E-state index in [1.807, 2.05) is 6.08 Å². The van der Waals surface area contributed by atoms with Crippen molar-refractivity contribution in [2.45, 2.75) is 45.4 Å². The lowest BCUT2D eigenvalue weighted by Crippen LogP contribution is -1.93. The molecule has 0 radical (unpaired) electrons. The molecule has 0 amide bonds. The molecule has 1 rings (SSSR count). The van der Waals surface area contributed by atoms with Crippen LogP contribution in [0.2, 0.25) is 0 Å². The highest BCUT2D eigenvalue weighted by Gasteiger charge is 2.04. The van der Waals surface area contributed by atoms with Crippen molar-refractivity contribution in [3.05, 3.63) is 42.0 Å². The van der Waals surface area contributed by atoms with Crippen molar-refractivity contribution in [2.75, 3.05) is 0 Å². The molecular formula is C15H22. The minimum absolute atomic E-state index is 0.690. The second kappa shape index (κ2) is 6.44. The maximum Gasteiger partial charge on any atom is -0.0190 e. The molecule has 1 unspecified atom stereocenters. The second-order valence-electron chi connectivity index (χ2n) is 4.27. The summed E-state index contributed by atoms with van der Waals surface area (Å²) >= 11 is 0. The van der Waals surface area contributed by atoms with Crippen LogP contribution in [0.5, 0.6) is 0 Å². The average Bonchev–Trinajstić information content (AvgIpc) is 2.29. The standard InChI is InChI=1S/C15H22/c1-4-6-7-8-13(3)15-11-9-14(5-2)10-12-15/h5,9-13H,2,4,6-8H2,1,3H3. The van der Waals surface area contributed by atoms with Gasteiger partial charge < -0.3 is 0 Å². The van der Waals surface area contributed by atoms with Crippen LogP contribution in [0.15, 0.2) is 30.8 Å². The van der Waals surface area contributed by atoms with Crippen molar-refractivity contribution in [1.82, 2.24) is 0 Å². The number of rotatable bonds is 6. The third-order valence-electron chi connectivity index (χ3n) is 2.98. The minimum Gasteiger partial charge on any atom is -0.0985 e. The highest BCUT2D eigenvalue weighted by molar-refractivity contribution is 5.47. The molecule has 1 aromatic carbocycles. The number of hydrogen-bond acceptors (Lipinski definition) is 0. The number of unbranched alkanes of at least 4 members (excludes halogenated alkanes) is 2. The normalized spacial score (nSPS) is 12.4. The highest BCUT2D eigenvalue weighted by Crippen LogP contribution is 2.22. The van der Waals surface area contributed by atoms with Gasteiger partial charge in [0.2, 0.25) is 0 Å². The zero-order valence-corrected chi connectivity index (χ0v) is 10.00. The molecule has 15 heavy (non-hydrogen) atoms. The summed E-state index contributed by atoms with van der Waals surface area (Å²) in [6.45, 7) is 8.34. The molecule has 82 valence electrons.